The predicted molar refractivity (Wildman–Crippen MR) is 96.9 cm³/mol. The average molecular weight is 356 g/mol. The third-order valence-electron chi connectivity index (χ3n) is 3.76. The first kappa shape index (κ1) is 17.0. The van der Waals surface area contributed by atoms with Crippen LogP contribution >= 0.6 is 11.8 Å². The first-order chi connectivity index (χ1) is 12.0. The Morgan fingerprint density at radius 3 is 2.52 bits per heavy atom. The summed E-state index contributed by atoms with van der Waals surface area (Å²) in [5.74, 6) is -1.51. The van der Waals surface area contributed by atoms with Crippen molar-refractivity contribution in [2.75, 3.05) is 16.3 Å². The van der Waals surface area contributed by atoms with Crippen molar-refractivity contribution >= 4 is 40.3 Å². The molecule has 1 atom stereocenters. The third kappa shape index (κ3) is 3.51. The Morgan fingerprint density at radius 2 is 1.88 bits per heavy atom. The van der Waals surface area contributed by atoms with Gasteiger partial charge in [0.25, 0.3) is 11.1 Å². The number of anilines is 2. The number of hydrogen-bond acceptors (Lipinski definition) is 5. The molecule has 128 valence electrons. The Hall–Kier alpha value is -2.80. The number of carboxylic acids is 1. The van der Waals surface area contributed by atoms with E-state index in [1.54, 1.807) is 48.5 Å². The molecule has 0 aliphatic carbocycles. The summed E-state index contributed by atoms with van der Waals surface area (Å²) in [5.41, 5.74) is 2.01. The second-order valence-electron chi connectivity index (χ2n) is 5.61. The number of para-hydroxylation sites is 1. The Bertz CT molecular complexity index is 825. The predicted octanol–water partition coefficient (Wildman–Crippen LogP) is 3.11. The van der Waals surface area contributed by atoms with E-state index in [9.17, 15) is 19.5 Å². The van der Waals surface area contributed by atoms with E-state index in [4.69, 9.17) is 0 Å². The Morgan fingerprint density at radius 1 is 1.16 bits per heavy atom. The van der Waals surface area contributed by atoms with Gasteiger partial charge in [0, 0.05) is 5.69 Å². The van der Waals surface area contributed by atoms with Crippen LogP contribution in [0, 0.1) is 6.92 Å². The number of carbonyl (C=O) groups is 3. The maximum absolute atomic E-state index is 12.8. The number of imide groups is 1. The number of thioether (sulfide) groups is 1. The van der Waals surface area contributed by atoms with Gasteiger partial charge in [-0.2, -0.15) is 0 Å². The first-order valence-electron chi connectivity index (χ1n) is 7.62. The van der Waals surface area contributed by atoms with Crippen molar-refractivity contribution in [1.29, 1.82) is 0 Å². The van der Waals surface area contributed by atoms with Crippen LogP contribution in [0.4, 0.5) is 16.2 Å². The topological polar surface area (TPSA) is 77.9 Å². The minimum Gasteiger partial charge on any atom is -0.480 e. The molecule has 7 heteroatoms. The van der Waals surface area contributed by atoms with E-state index in [2.05, 4.69) is 0 Å². The number of aliphatic carboxylic acids is 1. The fourth-order valence-corrected chi connectivity index (χ4v) is 3.69. The number of hydrogen-bond donors (Lipinski definition) is 1. The molecule has 1 fully saturated rings. The standard InChI is InChI=1S/C18H16N2O4S/c1-12-6-5-9-14(10-12)19(11-15(21)22)17-16(23)20(18(24)25-17)13-7-3-2-4-8-13/h2-10,17H,11H2,1H3,(H,21,22)/t17-/m1/s1. The molecule has 2 amide bonds. The van der Waals surface area contributed by atoms with E-state index >= 15 is 0 Å². The molecule has 0 spiro atoms. The molecule has 2 aromatic rings. The maximum atomic E-state index is 12.8. The fourth-order valence-electron chi connectivity index (χ4n) is 2.67. The van der Waals surface area contributed by atoms with Crippen LogP contribution in [0.2, 0.25) is 0 Å². The molecule has 0 radical (unpaired) electrons. The van der Waals surface area contributed by atoms with E-state index in [0.29, 0.717) is 11.4 Å². The van der Waals surface area contributed by atoms with E-state index in [-0.39, 0.29) is 6.54 Å². The highest BCUT2D eigenvalue weighted by atomic mass is 32.2. The third-order valence-corrected chi connectivity index (χ3v) is 4.83. The van der Waals surface area contributed by atoms with Crippen LogP contribution in [-0.4, -0.2) is 34.1 Å². The van der Waals surface area contributed by atoms with Gasteiger partial charge in [-0.05, 0) is 48.5 Å². The second kappa shape index (κ2) is 6.98. The molecule has 1 aliphatic rings. The molecule has 1 heterocycles. The molecule has 1 N–H and O–H groups in total. The van der Waals surface area contributed by atoms with Crippen LogP contribution in [0.5, 0.6) is 0 Å². The van der Waals surface area contributed by atoms with Crippen molar-refractivity contribution in [3.8, 4) is 0 Å². The lowest BCUT2D eigenvalue weighted by atomic mass is 10.2. The molecule has 0 saturated carbocycles. The normalized spacial score (nSPS) is 17.0. The number of rotatable bonds is 5. The fraction of sp³-hybridized carbons (Fsp3) is 0.167. The van der Waals surface area contributed by atoms with Crippen LogP contribution in [-0.2, 0) is 9.59 Å². The van der Waals surface area contributed by atoms with Crippen LogP contribution in [0.15, 0.2) is 54.6 Å². The van der Waals surface area contributed by atoms with Gasteiger partial charge in [-0.1, -0.05) is 30.3 Å². The number of nitrogens with zero attached hydrogens (tertiary/aromatic N) is 2. The summed E-state index contributed by atoms with van der Waals surface area (Å²) in [6.07, 6.45) is 0. The maximum Gasteiger partial charge on any atom is 0.323 e. The van der Waals surface area contributed by atoms with Crippen LogP contribution < -0.4 is 9.80 Å². The van der Waals surface area contributed by atoms with Crippen LogP contribution in [0.1, 0.15) is 5.56 Å². The molecule has 1 saturated heterocycles. The molecule has 0 aromatic heterocycles. The van der Waals surface area contributed by atoms with E-state index in [1.165, 1.54) is 4.90 Å². The monoisotopic (exact) mass is 356 g/mol. The van der Waals surface area contributed by atoms with Crippen molar-refractivity contribution in [2.24, 2.45) is 0 Å². The van der Waals surface area contributed by atoms with Gasteiger partial charge in [0.1, 0.15) is 6.54 Å². The molecule has 25 heavy (non-hydrogen) atoms. The lowest BCUT2D eigenvalue weighted by molar-refractivity contribution is -0.135. The minimum absolute atomic E-state index is 0.372. The van der Waals surface area contributed by atoms with E-state index in [0.717, 1.165) is 22.2 Å². The SMILES string of the molecule is Cc1cccc(N(CC(=O)O)[C@@H]2SC(=O)N(c3ccccc3)C2=O)c1. The highest BCUT2D eigenvalue weighted by Gasteiger charge is 2.44. The average Bonchev–Trinajstić information content (AvgIpc) is 2.87. The zero-order valence-corrected chi connectivity index (χ0v) is 14.3. The van der Waals surface area contributed by atoms with E-state index < -0.39 is 22.5 Å². The smallest absolute Gasteiger partial charge is 0.323 e. The Kier molecular flexibility index (Phi) is 4.76. The Balaban J connectivity index is 1.95. The quantitative estimate of drug-likeness (QED) is 0.887. The molecular formula is C18H16N2O4S. The molecule has 3 rings (SSSR count). The zero-order valence-electron chi connectivity index (χ0n) is 13.5. The summed E-state index contributed by atoms with van der Waals surface area (Å²) in [6.45, 7) is 1.51. The van der Waals surface area contributed by atoms with Crippen molar-refractivity contribution < 1.29 is 19.5 Å². The summed E-state index contributed by atoms with van der Waals surface area (Å²) in [5, 5.41) is 7.92. The van der Waals surface area contributed by atoms with Gasteiger partial charge < -0.3 is 10.0 Å². The largest absolute Gasteiger partial charge is 0.480 e. The lowest BCUT2D eigenvalue weighted by Crippen LogP contribution is -2.44. The van der Waals surface area contributed by atoms with Gasteiger partial charge in [-0.25, -0.2) is 4.90 Å². The van der Waals surface area contributed by atoms with E-state index in [1.807, 2.05) is 13.0 Å². The molecule has 1 aliphatic heterocycles. The van der Waals surface area contributed by atoms with Crippen molar-refractivity contribution in [3.05, 3.63) is 60.2 Å². The minimum atomic E-state index is -1.07. The van der Waals surface area contributed by atoms with Gasteiger partial charge in [0.2, 0.25) is 0 Å². The number of carboxylic acid groups (broad SMARTS) is 1. The number of carbonyl (C=O) groups excluding carboxylic acids is 2. The first-order valence-corrected chi connectivity index (χ1v) is 8.50. The van der Waals surface area contributed by atoms with Gasteiger partial charge in [0.15, 0.2) is 5.37 Å². The van der Waals surface area contributed by atoms with Gasteiger partial charge in [-0.3, -0.25) is 14.4 Å². The van der Waals surface area contributed by atoms with Gasteiger partial charge >= 0.3 is 5.97 Å². The number of aryl methyl sites for hydroxylation is 1. The molecule has 6 nitrogen and oxygen atoms in total. The van der Waals surface area contributed by atoms with Gasteiger partial charge in [0.05, 0.1) is 5.69 Å². The highest BCUT2D eigenvalue weighted by Crippen LogP contribution is 2.35. The van der Waals surface area contributed by atoms with Gasteiger partial charge in [-0.15, -0.1) is 0 Å². The lowest BCUT2D eigenvalue weighted by Gasteiger charge is -2.27. The second-order valence-corrected chi connectivity index (χ2v) is 6.64. The summed E-state index contributed by atoms with van der Waals surface area (Å²) in [6, 6.07) is 15.8. The van der Waals surface area contributed by atoms with Crippen molar-refractivity contribution in [3.63, 3.8) is 0 Å². The van der Waals surface area contributed by atoms with Crippen molar-refractivity contribution in [2.45, 2.75) is 12.3 Å². The summed E-state index contributed by atoms with van der Waals surface area (Å²) in [7, 11) is 0. The number of benzene rings is 2. The molecule has 0 unspecified atom stereocenters. The van der Waals surface area contributed by atoms with Crippen molar-refractivity contribution in [1.82, 2.24) is 0 Å². The molecule has 2 aromatic carbocycles. The molecular weight excluding hydrogens is 340 g/mol. The van der Waals surface area contributed by atoms with Crippen LogP contribution in [0.25, 0.3) is 0 Å². The zero-order chi connectivity index (χ0) is 18.0. The highest BCUT2D eigenvalue weighted by molar-refractivity contribution is 8.16. The van der Waals surface area contributed by atoms with Crippen LogP contribution in [0.3, 0.4) is 0 Å². The Labute approximate surface area is 149 Å². The number of amides is 2. The summed E-state index contributed by atoms with van der Waals surface area (Å²) >= 11 is 0.827. The molecule has 0 bridgehead atoms. The summed E-state index contributed by atoms with van der Waals surface area (Å²) < 4.78 is 0. The summed E-state index contributed by atoms with van der Waals surface area (Å²) in [4.78, 5) is 39.1.